The van der Waals surface area contributed by atoms with Gasteiger partial charge in [0.15, 0.2) is 23.8 Å². The molecule has 2 aliphatic heterocycles. The predicted molar refractivity (Wildman–Crippen MR) is 267 cm³/mol. The molecule has 0 amide bonds. The molecule has 17 nitrogen and oxygen atoms in total. The van der Waals surface area contributed by atoms with Gasteiger partial charge in [0.05, 0.1) is 48.6 Å². The lowest BCUT2D eigenvalue weighted by molar-refractivity contribution is -0.301. The second-order valence-electron chi connectivity index (χ2n) is 24.2. The summed E-state index contributed by atoms with van der Waals surface area (Å²) < 4.78 is 46.8. The molecule has 0 bridgehead atoms. The highest BCUT2D eigenvalue weighted by Crippen LogP contribution is 2.68. The van der Waals surface area contributed by atoms with Gasteiger partial charge in [-0.2, -0.15) is 0 Å². The summed E-state index contributed by atoms with van der Waals surface area (Å²) in [6.07, 6.45) is -3.31. The minimum absolute atomic E-state index is 0.0733. The maximum atomic E-state index is 15.9. The van der Waals surface area contributed by atoms with Crippen molar-refractivity contribution < 1.29 is 77.9 Å². The number of carbonyl (C=O) groups excluding carboxylic acids is 4. The number of rotatable bonds is 11. The summed E-state index contributed by atoms with van der Waals surface area (Å²) >= 11 is 0. The highest BCUT2D eigenvalue weighted by molar-refractivity contribution is 6.01. The Morgan fingerprint density at radius 1 is 0.973 bits per heavy atom. The molecule has 2 heterocycles. The number of esters is 3. The third-order valence-electron chi connectivity index (χ3n) is 18.9. The van der Waals surface area contributed by atoms with E-state index in [0.29, 0.717) is 31.4 Å². The molecular formula is C55H89FN2O15. The fraction of sp³-hybridized carbons (Fsp3) is 0.855. The van der Waals surface area contributed by atoms with E-state index in [1.807, 2.05) is 37.7 Å². The second-order valence-corrected chi connectivity index (χ2v) is 24.2. The van der Waals surface area contributed by atoms with E-state index in [-0.39, 0.29) is 75.3 Å². The zero-order chi connectivity index (χ0) is 54.5. The van der Waals surface area contributed by atoms with Crippen LogP contribution >= 0.6 is 0 Å². The summed E-state index contributed by atoms with van der Waals surface area (Å²) in [5.41, 5.74) is -7.07. The molecule has 5 fully saturated rings. The van der Waals surface area contributed by atoms with Gasteiger partial charge >= 0.3 is 17.9 Å². The Hall–Kier alpha value is -2.91. The lowest BCUT2D eigenvalue weighted by atomic mass is 9.46. The van der Waals surface area contributed by atoms with E-state index >= 15 is 4.39 Å². The fourth-order valence-corrected chi connectivity index (χ4v) is 14.3. The molecule has 3 saturated carbocycles. The van der Waals surface area contributed by atoms with Gasteiger partial charge in [-0.05, 0) is 156 Å². The zero-order valence-electron chi connectivity index (χ0n) is 45.7. The van der Waals surface area contributed by atoms with Gasteiger partial charge in [-0.15, -0.1) is 0 Å². The van der Waals surface area contributed by atoms with E-state index in [9.17, 15) is 49.8 Å². The Morgan fingerprint density at radius 2 is 1.64 bits per heavy atom. The van der Waals surface area contributed by atoms with E-state index in [1.54, 1.807) is 54.7 Å². The average Bonchev–Trinajstić information content (AvgIpc) is 3.52. The Bertz CT molecular complexity index is 2050. The van der Waals surface area contributed by atoms with Gasteiger partial charge < -0.3 is 64.1 Å². The van der Waals surface area contributed by atoms with Gasteiger partial charge in [-0.25, -0.2) is 9.18 Å². The number of halogens is 1. The number of ketones is 1. The number of aliphatic hydroxyl groups excluding tert-OH is 3. The molecule has 6 rings (SSSR count). The van der Waals surface area contributed by atoms with Crippen molar-refractivity contribution in [1.29, 1.82) is 0 Å². The van der Waals surface area contributed by atoms with Crippen LogP contribution in [0.4, 0.5) is 4.39 Å². The van der Waals surface area contributed by atoms with Gasteiger partial charge in [-0.1, -0.05) is 40.7 Å². The van der Waals surface area contributed by atoms with Crippen LogP contribution in [0.2, 0.25) is 0 Å². The van der Waals surface area contributed by atoms with Gasteiger partial charge in [0.25, 0.3) is 0 Å². The number of carbonyl (C=O) groups is 4. The molecule has 3 unspecified atom stereocenters. The van der Waals surface area contributed by atoms with Crippen LogP contribution in [0.1, 0.15) is 133 Å². The number of nitrogens with zero attached hydrogens (tertiary/aromatic N) is 2. The average molecular weight is 1040 g/mol. The predicted octanol–water partition coefficient (Wildman–Crippen LogP) is 4.20. The van der Waals surface area contributed by atoms with E-state index < -0.39 is 130 Å². The SMILES string of the molecule is CC[C@H]1OC(=O)[C@H](C)[C@@H](O)[C@H](C)[C@@H](O[C@@H]2O[C@H](C)C[C@@H](N(C)C)[C@H]2OC(=O)CCCCOC(=O)[C@@]2(O)[C@H](C)CC3C4C[C@H](F)C5=CC(=O)C=C[C@]5(C)C4[C@@H](O)C[C@@]32C)[C@](C)(O)CCCN(C)[C@H](C)[C@@H](O)[C@]1(C)O. The first kappa shape index (κ1) is 59.3. The standard InChI is InChI=1S/C55H89FN2O15/c1-14-41-54(10,67)46(63)33(6)58(13)22-17-20-53(9,66)47(31(4)44(62)32(5)48(64)71-41)73-49-45(39(57(11)12)25-30(3)70-49)72-42(61)18-15-16-23-69-50(65)55(68)29(2)24-36-35-27-38(56)37-26-34(59)19-21-51(37,7)43(35)40(60)28-52(36,55)8/h19,21,26,29-33,35-36,38-41,43-47,49,60,62-63,66-68H,14-18,20,22-25,27-28H2,1-13H3/t29-,30-,31+,32-,33-,35?,36?,38+,39-,40+,41-,43?,44+,45-,46-,47-,49+,51+,52+,53-,54-,55+/m1/s1. The molecule has 0 aromatic rings. The van der Waals surface area contributed by atoms with Crippen molar-refractivity contribution in [2.75, 3.05) is 34.3 Å². The number of allylic oxidation sites excluding steroid dienone is 4. The third kappa shape index (κ3) is 11.3. The smallest absolute Gasteiger partial charge is 0.338 e. The molecule has 0 spiro atoms. The molecule has 6 N–H and O–H groups in total. The van der Waals surface area contributed by atoms with Gasteiger partial charge in [0, 0.05) is 35.1 Å². The number of fused-ring (bicyclic) bond motifs is 5. The van der Waals surface area contributed by atoms with E-state index in [0.717, 1.165) is 0 Å². The first-order chi connectivity index (χ1) is 33.9. The topological polar surface area (TPSA) is 242 Å². The normalized spacial score (nSPS) is 47.0. The van der Waals surface area contributed by atoms with Crippen molar-refractivity contribution in [3.8, 4) is 0 Å². The van der Waals surface area contributed by atoms with Crippen LogP contribution in [0.15, 0.2) is 23.8 Å². The molecule has 0 aromatic carbocycles. The van der Waals surface area contributed by atoms with Crippen LogP contribution in [-0.4, -0.2) is 183 Å². The van der Waals surface area contributed by atoms with Crippen LogP contribution in [0, 0.1) is 46.3 Å². The third-order valence-corrected chi connectivity index (χ3v) is 18.9. The first-order valence-corrected chi connectivity index (χ1v) is 26.9. The lowest BCUT2D eigenvalue weighted by Crippen LogP contribution is -2.63. The number of ether oxygens (including phenoxy) is 5. The molecule has 18 heteroatoms. The molecule has 0 aromatic heterocycles. The summed E-state index contributed by atoms with van der Waals surface area (Å²) in [5, 5.41) is 71.2. The van der Waals surface area contributed by atoms with Crippen molar-refractivity contribution in [1.82, 2.24) is 9.80 Å². The minimum atomic E-state index is -1.97. The Morgan fingerprint density at radius 3 is 2.29 bits per heavy atom. The van der Waals surface area contributed by atoms with Gasteiger partial charge in [-0.3, -0.25) is 14.4 Å². The Kier molecular flexibility index (Phi) is 18.4. The fourth-order valence-electron chi connectivity index (χ4n) is 14.3. The summed E-state index contributed by atoms with van der Waals surface area (Å²) in [6.45, 7) is 17.2. The zero-order valence-corrected chi connectivity index (χ0v) is 45.7. The number of likely N-dealkylation sites (N-methyl/N-ethyl adjacent to an activating group) is 2. The van der Waals surface area contributed by atoms with Crippen LogP contribution in [-0.2, 0) is 42.9 Å². The second kappa shape index (κ2) is 22.6. The minimum Gasteiger partial charge on any atom is -0.464 e. The molecule has 2 saturated heterocycles. The van der Waals surface area contributed by atoms with Gasteiger partial charge in [0.1, 0.15) is 24.0 Å². The summed E-state index contributed by atoms with van der Waals surface area (Å²) in [6, 6.07) is -0.974. The number of hydrogen-bond acceptors (Lipinski definition) is 17. The highest BCUT2D eigenvalue weighted by atomic mass is 19.1. The van der Waals surface area contributed by atoms with Crippen molar-refractivity contribution in [3.05, 3.63) is 23.8 Å². The van der Waals surface area contributed by atoms with E-state index in [2.05, 4.69) is 0 Å². The number of aliphatic hydroxyl groups is 6. The lowest BCUT2D eigenvalue weighted by Gasteiger charge is -2.59. The molecule has 22 atom stereocenters. The Balaban J connectivity index is 1.12. The van der Waals surface area contributed by atoms with Crippen molar-refractivity contribution in [2.45, 2.75) is 218 Å². The molecule has 73 heavy (non-hydrogen) atoms. The van der Waals surface area contributed by atoms with E-state index in [4.69, 9.17) is 23.7 Å². The maximum absolute atomic E-state index is 15.9. The van der Waals surface area contributed by atoms with E-state index in [1.165, 1.54) is 26.0 Å². The summed E-state index contributed by atoms with van der Waals surface area (Å²) in [5.74, 6) is -6.21. The maximum Gasteiger partial charge on any atom is 0.338 e. The highest BCUT2D eigenvalue weighted by Gasteiger charge is 2.72. The van der Waals surface area contributed by atoms with Gasteiger partial charge in [0.2, 0.25) is 0 Å². The number of cyclic esters (lactones) is 1. The molecule has 6 aliphatic rings. The summed E-state index contributed by atoms with van der Waals surface area (Å²) in [4.78, 5) is 57.6. The van der Waals surface area contributed by atoms with Crippen molar-refractivity contribution in [2.24, 2.45) is 46.3 Å². The van der Waals surface area contributed by atoms with Crippen molar-refractivity contribution in [3.63, 3.8) is 0 Å². The van der Waals surface area contributed by atoms with Crippen LogP contribution in [0.3, 0.4) is 0 Å². The molecule has 0 radical (unpaired) electrons. The largest absolute Gasteiger partial charge is 0.464 e. The van der Waals surface area contributed by atoms with Crippen molar-refractivity contribution >= 4 is 23.7 Å². The monoisotopic (exact) mass is 1040 g/mol. The summed E-state index contributed by atoms with van der Waals surface area (Å²) in [7, 11) is 5.48. The molecule has 4 aliphatic carbocycles. The number of hydrogen-bond donors (Lipinski definition) is 6. The molecular weight excluding hydrogens is 948 g/mol. The number of unbranched alkanes of at least 4 members (excludes halogenated alkanes) is 1. The van der Waals surface area contributed by atoms with Crippen LogP contribution < -0.4 is 0 Å². The number of alkyl halides is 1. The molecule has 416 valence electrons. The van der Waals surface area contributed by atoms with Crippen LogP contribution in [0.25, 0.3) is 0 Å². The van der Waals surface area contributed by atoms with Crippen LogP contribution in [0.5, 0.6) is 0 Å². The Labute approximate surface area is 432 Å². The quantitative estimate of drug-likeness (QED) is 0.0966. The first-order valence-electron chi connectivity index (χ1n) is 26.9.